The highest BCUT2D eigenvalue weighted by Gasteiger charge is 2.16. The second-order valence-corrected chi connectivity index (χ2v) is 4.08. The Morgan fingerprint density at radius 1 is 1.60 bits per heavy atom. The van der Waals surface area contributed by atoms with Gasteiger partial charge in [-0.2, -0.15) is 0 Å². The maximum atomic E-state index is 13.0. The molecule has 0 aliphatic heterocycles. The van der Waals surface area contributed by atoms with Crippen LogP contribution in [0.1, 0.15) is 23.7 Å². The van der Waals surface area contributed by atoms with Crippen molar-refractivity contribution in [3.63, 3.8) is 0 Å². The molecule has 1 N–H and O–H groups in total. The Bertz CT molecular complexity index is 379. The topological polar surface area (TPSA) is 46.5 Å². The fourth-order valence-corrected chi connectivity index (χ4v) is 1.81. The van der Waals surface area contributed by atoms with Crippen molar-refractivity contribution >= 4 is 28.6 Å². The first kappa shape index (κ1) is 12.2. The average Bonchev–Trinajstić information content (AvgIpc) is 2.15. The van der Waals surface area contributed by atoms with Crippen molar-refractivity contribution in [2.24, 2.45) is 0 Å². The molecule has 1 rings (SSSR count). The number of carboxylic acid groups (broad SMARTS) is 1. The molecule has 0 aliphatic carbocycles. The van der Waals surface area contributed by atoms with E-state index in [9.17, 15) is 9.18 Å². The lowest BCUT2D eigenvalue weighted by atomic mass is 10.2. The number of aromatic carboxylic acids is 1. The van der Waals surface area contributed by atoms with Crippen LogP contribution in [-0.4, -0.2) is 17.7 Å². The van der Waals surface area contributed by atoms with Crippen LogP contribution in [0.2, 0.25) is 0 Å². The predicted octanol–water partition coefficient (Wildman–Crippen LogP) is 2.92. The molecule has 15 heavy (non-hydrogen) atoms. The zero-order chi connectivity index (χ0) is 11.4. The van der Waals surface area contributed by atoms with Crippen molar-refractivity contribution in [3.8, 4) is 5.75 Å². The summed E-state index contributed by atoms with van der Waals surface area (Å²) in [6.07, 6.45) is 0.770. The van der Waals surface area contributed by atoms with Gasteiger partial charge in [-0.3, -0.25) is 0 Å². The molecule has 0 bridgehead atoms. The minimum atomic E-state index is -1.18. The number of carbonyl (C=O) groups is 1. The number of halogens is 2. The maximum absolute atomic E-state index is 13.0. The van der Waals surface area contributed by atoms with Crippen LogP contribution in [0.15, 0.2) is 12.1 Å². The van der Waals surface area contributed by atoms with Gasteiger partial charge in [0, 0.05) is 0 Å². The van der Waals surface area contributed by atoms with Gasteiger partial charge in [0.25, 0.3) is 0 Å². The van der Waals surface area contributed by atoms with Gasteiger partial charge < -0.3 is 9.84 Å². The van der Waals surface area contributed by atoms with Crippen molar-refractivity contribution in [1.29, 1.82) is 0 Å². The quantitative estimate of drug-likeness (QED) is 0.867. The van der Waals surface area contributed by atoms with E-state index >= 15 is 0 Å². The lowest BCUT2D eigenvalue weighted by Gasteiger charge is -2.10. The molecule has 1 aromatic rings. The molecule has 82 valence electrons. The third kappa shape index (κ3) is 3.05. The number of hydrogen-bond donors (Lipinski definition) is 1. The SMILES string of the molecule is CCCOc1c(I)cc(F)cc1C(=O)O. The molecule has 5 heteroatoms. The zero-order valence-corrected chi connectivity index (χ0v) is 10.2. The highest BCUT2D eigenvalue weighted by molar-refractivity contribution is 14.1. The number of ether oxygens (including phenoxy) is 1. The van der Waals surface area contributed by atoms with Gasteiger partial charge in [0.15, 0.2) is 0 Å². The fraction of sp³-hybridized carbons (Fsp3) is 0.300. The third-order valence-electron chi connectivity index (χ3n) is 1.69. The Morgan fingerprint density at radius 2 is 2.27 bits per heavy atom. The van der Waals surface area contributed by atoms with Gasteiger partial charge in [0.05, 0.1) is 10.2 Å². The first-order chi connectivity index (χ1) is 7.06. The van der Waals surface area contributed by atoms with Gasteiger partial charge in [-0.15, -0.1) is 0 Å². The summed E-state index contributed by atoms with van der Waals surface area (Å²) in [6, 6.07) is 2.22. The van der Waals surface area contributed by atoms with E-state index in [1.54, 1.807) is 0 Å². The van der Waals surface area contributed by atoms with Gasteiger partial charge in [-0.1, -0.05) is 6.92 Å². The van der Waals surface area contributed by atoms with Crippen LogP contribution in [0.5, 0.6) is 5.75 Å². The van der Waals surface area contributed by atoms with Crippen LogP contribution in [0.3, 0.4) is 0 Å². The second-order valence-electron chi connectivity index (χ2n) is 2.92. The summed E-state index contributed by atoms with van der Waals surface area (Å²) in [4.78, 5) is 10.8. The molecule has 0 spiro atoms. The molecule has 0 fully saturated rings. The number of benzene rings is 1. The van der Waals surface area contributed by atoms with Crippen LogP contribution in [-0.2, 0) is 0 Å². The van der Waals surface area contributed by atoms with E-state index in [-0.39, 0.29) is 11.3 Å². The monoisotopic (exact) mass is 324 g/mol. The van der Waals surface area contributed by atoms with Gasteiger partial charge >= 0.3 is 5.97 Å². The summed E-state index contributed by atoms with van der Waals surface area (Å²) in [5.74, 6) is -1.51. The summed E-state index contributed by atoms with van der Waals surface area (Å²) in [7, 11) is 0. The summed E-state index contributed by atoms with van der Waals surface area (Å²) < 4.78 is 18.7. The lowest BCUT2D eigenvalue weighted by molar-refractivity contribution is 0.0691. The van der Waals surface area contributed by atoms with E-state index in [1.165, 1.54) is 6.07 Å². The minimum absolute atomic E-state index is 0.132. The zero-order valence-electron chi connectivity index (χ0n) is 8.09. The number of rotatable bonds is 4. The van der Waals surface area contributed by atoms with Crippen molar-refractivity contribution in [1.82, 2.24) is 0 Å². The Kier molecular flexibility index (Phi) is 4.31. The number of carboxylic acids is 1. The van der Waals surface area contributed by atoms with Crippen LogP contribution in [0, 0.1) is 9.39 Å². The van der Waals surface area contributed by atoms with Crippen molar-refractivity contribution in [2.75, 3.05) is 6.61 Å². The van der Waals surface area contributed by atoms with Gasteiger partial charge in [-0.05, 0) is 41.1 Å². The molecule has 0 saturated heterocycles. The van der Waals surface area contributed by atoms with E-state index in [2.05, 4.69) is 0 Å². The fourth-order valence-electron chi connectivity index (χ4n) is 1.07. The maximum Gasteiger partial charge on any atom is 0.339 e. The smallest absolute Gasteiger partial charge is 0.339 e. The molecule has 0 unspecified atom stereocenters. The third-order valence-corrected chi connectivity index (χ3v) is 2.49. The molecule has 3 nitrogen and oxygen atoms in total. The summed E-state index contributed by atoms with van der Waals surface area (Å²) in [5, 5.41) is 8.86. The number of hydrogen-bond acceptors (Lipinski definition) is 2. The standard InChI is InChI=1S/C10H10FIO3/c1-2-3-15-9-7(10(13)14)4-6(11)5-8(9)12/h4-5H,2-3H2,1H3,(H,13,14). The second kappa shape index (κ2) is 5.29. The van der Waals surface area contributed by atoms with Gasteiger partial charge in [-0.25, -0.2) is 9.18 Å². The summed E-state index contributed by atoms with van der Waals surface area (Å²) >= 11 is 1.86. The highest BCUT2D eigenvalue weighted by atomic mass is 127. The molecular formula is C10H10FIO3. The van der Waals surface area contributed by atoms with Crippen molar-refractivity contribution < 1.29 is 19.0 Å². The molecule has 1 aromatic carbocycles. The lowest BCUT2D eigenvalue weighted by Crippen LogP contribution is -2.06. The largest absolute Gasteiger partial charge is 0.492 e. The van der Waals surface area contributed by atoms with Crippen LogP contribution >= 0.6 is 22.6 Å². The van der Waals surface area contributed by atoms with Crippen molar-refractivity contribution in [3.05, 3.63) is 27.1 Å². The molecule has 0 heterocycles. The Hall–Kier alpha value is -0.850. The van der Waals surface area contributed by atoms with E-state index in [0.717, 1.165) is 12.5 Å². The summed E-state index contributed by atoms with van der Waals surface area (Å²) in [5.41, 5.74) is -0.132. The Morgan fingerprint density at radius 3 is 2.80 bits per heavy atom. The van der Waals surface area contributed by atoms with Gasteiger partial charge in [0.1, 0.15) is 17.1 Å². The van der Waals surface area contributed by atoms with Crippen LogP contribution in [0.25, 0.3) is 0 Å². The molecule has 0 radical (unpaired) electrons. The molecule has 0 aromatic heterocycles. The van der Waals surface area contributed by atoms with Crippen molar-refractivity contribution in [2.45, 2.75) is 13.3 Å². The molecule has 0 aliphatic rings. The Balaban J connectivity index is 3.15. The van der Waals surface area contributed by atoms with Gasteiger partial charge in [0.2, 0.25) is 0 Å². The molecule has 0 amide bonds. The highest BCUT2D eigenvalue weighted by Crippen LogP contribution is 2.27. The first-order valence-electron chi connectivity index (χ1n) is 4.41. The predicted molar refractivity (Wildman–Crippen MR) is 61.9 cm³/mol. The Labute approximate surface area is 100 Å². The van der Waals surface area contributed by atoms with Crippen LogP contribution in [0.4, 0.5) is 4.39 Å². The first-order valence-corrected chi connectivity index (χ1v) is 5.49. The van der Waals surface area contributed by atoms with E-state index in [4.69, 9.17) is 9.84 Å². The summed E-state index contributed by atoms with van der Waals surface area (Å²) in [6.45, 7) is 2.33. The molecule has 0 atom stereocenters. The normalized spacial score (nSPS) is 10.1. The minimum Gasteiger partial charge on any atom is -0.492 e. The average molecular weight is 324 g/mol. The van der Waals surface area contributed by atoms with E-state index < -0.39 is 11.8 Å². The van der Waals surface area contributed by atoms with Crippen LogP contribution < -0.4 is 4.74 Å². The molecular weight excluding hydrogens is 314 g/mol. The van der Waals surface area contributed by atoms with E-state index in [0.29, 0.717) is 10.2 Å². The van der Waals surface area contributed by atoms with E-state index in [1.807, 2.05) is 29.5 Å². The molecule has 0 saturated carbocycles.